The summed E-state index contributed by atoms with van der Waals surface area (Å²) in [4.78, 5) is 37.2. The van der Waals surface area contributed by atoms with E-state index in [9.17, 15) is 14.4 Å². The summed E-state index contributed by atoms with van der Waals surface area (Å²) in [5.74, 6) is -1.00. The summed E-state index contributed by atoms with van der Waals surface area (Å²) in [6.45, 7) is 1.46. The van der Waals surface area contributed by atoms with E-state index in [1.54, 1.807) is 54.6 Å². The summed E-state index contributed by atoms with van der Waals surface area (Å²) in [6.07, 6.45) is 1.59. The molecule has 3 aromatic rings. The van der Waals surface area contributed by atoms with Crippen LogP contribution in [0.2, 0.25) is 0 Å². The van der Waals surface area contributed by atoms with Gasteiger partial charge in [-0.25, -0.2) is 0 Å². The van der Waals surface area contributed by atoms with Crippen molar-refractivity contribution in [3.8, 4) is 0 Å². The van der Waals surface area contributed by atoms with Gasteiger partial charge in [0.15, 0.2) is 5.78 Å². The van der Waals surface area contributed by atoms with Gasteiger partial charge in [0.1, 0.15) is 5.70 Å². The molecule has 0 aliphatic rings. The van der Waals surface area contributed by atoms with Gasteiger partial charge in [-0.05, 0) is 55.0 Å². The lowest BCUT2D eigenvalue weighted by molar-refractivity contribution is -0.113. The minimum Gasteiger partial charge on any atom is -0.321 e. The van der Waals surface area contributed by atoms with E-state index in [4.69, 9.17) is 0 Å². The van der Waals surface area contributed by atoms with E-state index in [2.05, 4.69) is 26.6 Å². The van der Waals surface area contributed by atoms with Crippen LogP contribution in [0.3, 0.4) is 0 Å². The Morgan fingerprint density at radius 2 is 1.53 bits per heavy atom. The molecule has 0 unspecified atom stereocenters. The monoisotopic (exact) mass is 462 g/mol. The van der Waals surface area contributed by atoms with Gasteiger partial charge in [0.25, 0.3) is 11.8 Å². The van der Waals surface area contributed by atoms with Crippen molar-refractivity contribution in [1.29, 1.82) is 0 Å². The fourth-order valence-electron chi connectivity index (χ4n) is 2.72. The molecule has 5 nitrogen and oxygen atoms in total. The number of rotatable bonds is 6. The predicted octanol–water partition coefficient (Wildman–Crippen LogP) is 5.06. The number of ketones is 1. The Morgan fingerprint density at radius 1 is 0.833 bits per heavy atom. The van der Waals surface area contributed by atoms with Gasteiger partial charge in [-0.1, -0.05) is 58.4 Å². The van der Waals surface area contributed by atoms with Crippen molar-refractivity contribution in [2.75, 3.05) is 5.32 Å². The normalized spacial score (nSPS) is 10.9. The Kier molecular flexibility index (Phi) is 6.93. The highest BCUT2D eigenvalue weighted by Crippen LogP contribution is 2.16. The minimum atomic E-state index is -0.500. The van der Waals surface area contributed by atoms with Crippen LogP contribution in [0.25, 0.3) is 6.08 Å². The van der Waals surface area contributed by atoms with Crippen molar-refractivity contribution in [2.24, 2.45) is 0 Å². The number of hydrogen-bond acceptors (Lipinski definition) is 3. The van der Waals surface area contributed by atoms with Crippen molar-refractivity contribution in [3.63, 3.8) is 0 Å². The maximum atomic E-state index is 13.0. The largest absolute Gasteiger partial charge is 0.321 e. The number of anilines is 1. The molecule has 0 fully saturated rings. The van der Waals surface area contributed by atoms with E-state index in [-0.39, 0.29) is 11.5 Å². The van der Waals surface area contributed by atoms with E-state index >= 15 is 0 Å². The molecule has 2 amide bonds. The van der Waals surface area contributed by atoms with Crippen LogP contribution >= 0.6 is 15.9 Å². The Bertz CT molecular complexity index is 1120. The van der Waals surface area contributed by atoms with Crippen LogP contribution in [-0.2, 0) is 4.79 Å². The standard InChI is InChI=1S/C24H19BrN2O3/c1-16(28)19-10-6-12-21(15-19)26-24(30)22(14-17-7-5-11-20(25)13-17)27-23(29)18-8-3-2-4-9-18/h2-15H,1H3,(H,26,30)(H,27,29)/b22-14-. The van der Waals surface area contributed by atoms with Crippen molar-refractivity contribution >= 4 is 45.3 Å². The zero-order valence-corrected chi connectivity index (χ0v) is 17.8. The number of halogens is 1. The second-order valence-electron chi connectivity index (χ2n) is 6.52. The zero-order valence-electron chi connectivity index (χ0n) is 16.2. The molecule has 0 saturated heterocycles. The quantitative estimate of drug-likeness (QED) is 0.396. The fraction of sp³-hybridized carbons (Fsp3) is 0.0417. The fourth-order valence-corrected chi connectivity index (χ4v) is 3.14. The average Bonchev–Trinajstić information content (AvgIpc) is 2.74. The Hall–Kier alpha value is -3.51. The van der Waals surface area contributed by atoms with Gasteiger partial charge in [0.05, 0.1) is 0 Å². The first-order valence-electron chi connectivity index (χ1n) is 9.18. The summed E-state index contributed by atoms with van der Waals surface area (Å²) in [6, 6.07) is 22.6. The van der Waals surface area contributed by atoms with E-state index < -0.39 is 11.8 Å². The van der Waals surface area contributed by atoms with Crippen LogP contribution < -0.4 is 10.6 Å². The molecule has 3 aromatic carbocycles. The second kappa shape index (κ2) is 9.80. The van der Waals surface area contributed by atoms with Crippen molar-refractivity contribution in [2.45, 2.75) is 6.92 Å². The molecule has 2 N–H and O–H groups in total. The number of carbonyl (C=O) groups is 3. The lowest BCUT2D eigenvalue weighted by Crippen LogP contribution is -2.30. The van der Waals surface area contributed by atoms with E-state index in [1.807, 2.05) is 30.3 Å². The molecular formula is C24H19BrN2O3. The summed E-state index contributed by atoms with van der Waals surface area (Å²) in [5, 5.41) is 5.43. The van der Waals surface area contributed by atoms with Crippen LogP contribution in [0, 0.1) is 0 Å². The summed E-state index contributed by atoms with van der Waals surface area (Å²) in [7, 11) is 0. The van der Waals surface area contributed by atoms with Crippen LogP contribution in [0.4, 0.5) is 5.69 Å². The maximum absolute atomic E-state index is 13.0. The molecule has 0 spiro atoms. The van der Waals surface area contributed by atoms with E-state index in [0.29, 0.717) is 16.8 Å². The molecule has 0 heterocycles. The summed E-state index contributed by atoms with van der Waals surface area (Å²) >= 11 is 3.40. The van der Waals surface area contributed by atoms with Gasteiger partial charge in [-0.2, -0.15) is 0 Å². The van der Waals surface area contributed by atoms with Crippen molar-refractivity contribution in [3.05, 3.63) is 106 Å². The topological polar surface area (TPSA) is 75.3 Å². The third kappa shape index (κ3) is 5.75. The molecule has 6 heteroatoms. The molecule has 0 aliphatic carbocycles. The summed E-state index contributed by atoms with van der Waals surface area (Å²) in [5.41, 5.74) is 2.19. The molecule has 3 rings (SSSR count). The van der Waals surface area contributed by atoms with Crippen LogP contribution in [0.1, 0.15) is 33.2 Å². The lowest BCUT2D eigenvalue weighted by Gasteiger charge is -2.12. The van der Waals surface area contributed by atoms with Gasteiger partial charge in [-0.15, -0.1) is 0 Å². The van der Waals surface area contributed by atoms with E-state index in [1.165, 1.54) is 6.92 Å². The maximum Gasteiger partial charge on any atom is 0.272 e. The molecule has 0 aliphatic heterocycles. The molecule has 0 saturated carbocycles. The third-order valence-electron chi connectivity index (χ3n) is 4.22. The molecule has 0 atom stereocenters. The average molecular weight is 463 g/mol. The van der Waals surface area contributed by atoms with Gasteiger partial charge >= 0.3 is 0 Å². The molecular weight excluding hydrogens is 444 g/mol. The number of hydrogen-bond donors (Lipinski definition) is 2. The number of amides is 2. The number of Topliss-reactive ketones (excluding diaryl/α,β-unsaturated/α-hetero) is 1. The van der Waals surface area contributed by atoms with Crippen molar-refractivity contribution < 1.29 is 14.4 Å². The highest BCUT2D eigenvalue weighted by Gasteiger charge is 2.15. The number of carbonyl (C=O) groups excluding carboxylic acids is 3. The SMILES string of the molecule is CC(=O)c1cccc(NC(=O)/C(=C/c2cccc(Br)c2)NC(=O)c2ccccc2)c1. The van der Waals surface area contributed by atoms with Gasteiger partial charge < -0.3 is 10.6 Å². The smallest absolute Gasteiger partial charge is 0.272 e. The Labute approximate surface area is 182 Å². The van der Waals surface area contributed by atoms with Crippen LogP contribution in [-0.4, -0.2) is 17.6 Å². The van der Waals surface area contributed by atoms with Crippen molar-refractivity contribution in [1.82, 2.24) is 5.32 Å². The minimum absolute atomic E-state index is 0.0789. The first-order valence-corrected chi connectivity index (χ1v) is 9.98. The van der Waals surface area contributed by atoms with Crippen LogP contribution in [0.5, 0.6) is 0 Å². The first kappa shape index (κ1) is 21.2. The molecule has 0 aromatic heterocycles. The van der Waals surface area contributed by atoms with Gasteiger partial charge in [0, 0.05) is 21.3 Å². The van der Waals surface area contributed by atoms with Crippen LogP contribution in [0.15, 0.2) is 89.0 Å². The molecule has 0 bridgehead atoms. The first-order chi connectivity index (χ1) is 14.4. The molecule has 0 radical (unpaired) electrons. The van der Waals surface area contributed by atoms with Gasteiger partial charge in [-0.3, -0.25) is 14.4 Å². The summed E-state index contributed by atoms with van der Waals surface area (Å²) < 4.78 is 0.847. The lowest BCUT2D eigenvalue weighted by atomic mass is 10.1. The molecule has 150 valence electrons. The number of nitrogens with one attached hydrogen (secondary N) is 2. The molecule has 30 heavy (non-hydrogen) atoms. The highest BCUT2D eigenvalue weighted by atomic mass is 79.9. The second-order valence-corrected chi connectivity index (χ2v) is 7.44. The Morgan fingerprint density at radius 3 is 2.23 bits per heavy atom. The Balaban J connectivity index is 1.90. The highest BCUT2D eigenvalue weighted by molar-refractivity contribution is 9.10. The predicted molar refractivity (Wildman–Crippen MR) is 121 cm³/mol. The zero-order chi connectivity index (χ0) is 21.5. The van der Waals surface area contributed by atoms with E-state index in [0.717, 1.165) is 10.0 Å². The van der Waals surface area contributed by atoms with Gasteiger partial charge in [0.2, 0.25) is 0 Å². The third-order valence-corrected chi connectivity index (χ3v) is 4.71. The number of benzene rings is 3.